The minimum absolute atomic E-state index is 0. The maximum Gasteiger partial charge on any atom is 0.282 e. The summed E-state index contributed by atoms with van der Waals surface area (Å²) in [5.74, 6) is -2.17. The molecule has 6 nitrogen and oxygen atoms in total. The number of rotatable bonds is 6. The quantitative estimate of drug-likeness (QED) is 0.383. The lowest BCUT2D eigenvalue weighted by atomic mass is 10.2. The van der Waals surface area contributed by atoms with Crippen LogP contribution in [-0.4, -0.2) is 47.0 Å². The number of unbranched alkanes of at least 4 members (excludes halogenated alkanes) is 1. The number of aliphatic hydroxyl groups is 2. The molecule has 1 rings (SSSR count). The van der Waals surface area contributed by atoms with Crippen molar-refractivity contribution in [2.45, 2.75) is 25.2 Å². The van der Waals surface area contributed by atoms with E-state index in [1.165, 1.54) is 0 Å². The number of hydrogen-bond acceptors (Lipinski definition) is 6. The van der Waals surface area contributed by atoms with Crippen molar-refractivity contribution in [2.24, 2.45) is 10.1 Å². The van der Waals surface area contributed by atoms with Crippen LogP contribution in [0.4, 0.5) is 0 Å². The minimum atomic E-state index is -2.17. The predicted molar refractivity (Wildman–Crippen MR) is 65.6 cm³/mol. The zero-order valence-corrected chi connectivity index (χ0v) is 10.5. The SMILES string of the molecule is Cl.Cl.N=NC(O)(O)CCCCN1C=NCC1. The third kappa shape index (κ3) is 6.95. The average Bonchev–Trinajstić information content (AvgIpc) is 2.65. The van der Waals surface area contributed by atoms with Crippen LogP contribution < -0.4 is 0 Å². The van der Waals surface area contributed by atoms with E-state index < -0.39 is 5.91 Å². The molecular weight excluding hydrogens is 255 g/mol. The van der Waals surface area contributed by atoms with E-state index >= 15 is 0 Å². The van der Waals surface area contributed by atoms with E-state index in [4.69, 9.17) is 15.7 Å². The maximum atomic E-state index is 8.98. The summed E-state index contributed by atoms with van der Waals surface area (Å²) in [6, 6.07) is 0. The third-order valence-corrected chi connectivity index (χ3v) is 2.15. The van der Waals surface area contributed by atoms with Gasteiger partial charge in [0.05, 0.1) is 12.9 Å². The molecule has 0 aromatic heterocycles. The van der Waals surface area contributed by atoms with E-state index in [0.29, 0.717) is 6.42 Å². The van der Waals surface area contributed by atoms with Gasteiger partial charge >= 0.3 is 0 Å². The summed E-state index contributed by atoms with van der Waals surface area (Å²) in [5.41, 5.74) is 6.50. The van der Waals surface area contributed by atoms with Gasteiger partial charge in [-0.05, 0) is 12.8 Å². The van der Waals surface area contributed by atoms with Crippen molar-refractivity contribution in [1.29, 1.82) is 5.53 Å². The summed E-state index contributed by atoms with van der Waals surface area (Å²) in [5, 5.41) is 20.7. The van der Waals surface area contributed by atoms with E-state index in [1.54, 1.807) is 0 Å². The molecule has 0 aromatic carbocycles. The largest absolute Gasteiger partial charge is 0.361 e. The Morgan fingerprint density at radius 2 is 2.06 bits per heavy atom. The Bertz CT molecular complexity index is 226. The highest BCUT2D eigenvalue weighted by molar-refractivity contribution is 5.85. The standard InChI is InChI=1S/C8H16N4O2.2ClH/c9-11-8(13,14)3-1-2-5-12-6-4-10-7-12;;/h7,9,13-14H,1-6H2;2*1H. The normalized spacial score (nSPS) is 14.2. The van der Waals surface area contributed by atoms with Crippen molar-refractivity contribution >= 4 is 31.2 Å². The van der Waals surface area contributed by atoms with Crippen LogP contribution in [0.25, 0.3) is 0 Å². The lowest BCUT2D eigenvalue weighted by Gasteiger charge is -2.16. The Kier molecular flexibility index (Phi) is 9.75. The van der Waals surface area contributed by atoms with Gasteiger partial charge in [0.25, 0.3) is 5.91 Å². The number of nitrogens with zero attached hydrogens (tertiary/aromatic N) is 3. The summed E-state index contributed by atoms with van der Waals surface area (Å²) in [6.45, 7) is 2.68. The van der Waals surface area contributed by atoms with Crippen LogP contribution in [-0.2, 0) is 0 Å². The topological polar surface area (TPSA) is 92.3 Å². The Hall–Kier alpha value is -0.430. The van der Waals surface area contributed by atoms with Crippen molar-refractivity contribution < 1.29 is 10.2 Å². The molecule has 0 aliphatic carbocycles. The molecule has 0 amide bonds. The van der Waals surface area contributed by atoms with Crippen molar-refractivity contribution in [3.8, 4) is 0 Å². The molecule has 0 bridgehead atoms. The maximum absolute atomic E-state index is 8.98. The van der Waals surface area contributed by atoms with Crippen molar-refractivity contribution in [3.63, 3.8) is 0 Å². The van der Waals surface area contributed by atoms with Gasteiger partial charge < -0.3 is 15.1 Å². The van der Waals surface area contributed by atoms with Crippen molar-refractivity contribution in [3.05, 3.63) is 0 Å². The number of halogens is 2. The minimum Gasteiger partial charge on any atom is -0.361 e. The summed E-state index contributed by atoms with van der Waals surface area (Å²) in [7, 11) is 0. The van der Waals surface area contributed by atoms with Crippen LogP contribution in [0, 0.1) is 5.53 Å². The van der Waals surface area contributed by atoms with Gasteiger partial charge in [0, 0.05) is 19.5 Å². The van der Waals surface area contributed by atoms with Gasteiger partial charge in [-0.15, -0.1) is 29.9 Å². The molecular formula is C8H18Cl2N4O2. The molecule has 96 valence electrons. The van der Waals surface area contributed by atoms with Gasteiger partial charge in [-0.1, -0.05) is 0 Å². The Labute approximate surface area is 107 Å². The Morgan fingerprint density at radius 1 is 1.38 bits per heavy atom. The molecule has 0 unspecified atom stereocenters. The van der Waals surface area contributed by atoms with Gasteiger partial charge in [0.15, 0.2) is 0 Å². The van der Waals surface area contributed by atoms with Crippen LogP contribution in [0.1, 0.15) is 19.3 Å². The van der Waals surface area contributed by atoms with Gasteiger partial charge in [-0.3, -0.25) is 4.99 Å². The molecule has 0 spiro atoms. The lowest BCUT2D eigenvalue weighted by molar-refractivity contribution is -0.165. The predicted octanol–water partition coefficient (Wildman–Crippen LogP) is 1.01. The van der Waals surface area contributed by atoms with Gasteiger partial charge in [-0.2, -0.15) is 0 Å². The van der Waals surface area contributed by atoms with Gasteiger partial charge in [0.1, 0.15) is 0 Å². The van der Waals surface area contributed by atoms with E-state index in [0.717, 1.165) is 26.1 Å². The summed E-state index contributed by atoms with van der Waals surface area (Å²) in [4.78, 5) is 6.15. The monoisotopic (exact) mass is 272 g/mol. The molecule has 0 aromatic rings. The van der Waals surface area contributed by atoms with Gasteiger partial charge in [-0.25, -0.2) is 5.53 Å². The highest BCUT2D eigenvalue weighted by Crippen LogP contribution is 2.12. The molecule has 3 N–H and O–H groups in total. The number of hydrogen-bond donors (Lipinski definition) is 3. The fraction of sp³-hybridized carbons (Fsp3) is 0.875. The highest BCUT2D eigenvalue weighted by atomic mass is 35.5. The molecule has 0 radical (unpaired) electrons. The van der Waals surface area contributed by atoms with Crippen LogP contribution in [0.2, 0.25) is 0 Å². The second-order valence-electron chi connectivity index (χ2n) is 3.40. The third-order valence-electron chi connectivity index (χ3n) is 2.15. The zero-order chi connectivity index (χ0) is 10.4. The first-order chi connectivity index (χ1) is 6.64. The molecule has 16 heavy (non-hydrogen) atoms. The van der Waals surface area contributed by atoms with E-state index in [1.807, 2.05) is 6.34 Å². The zero-order valence-electron chi connectivity index (χ0n) is 8.87. The molecule has 1 aliphatic rings. The van der Waals surface area contributed by atoms with Crippen LogP contribution in [0.3, 0.4) is 0 Å². The first-order valence-electron chi connectivity index (χ1n) is 4.71. The number of nitrogens with one attached hydrogen (secondary N) is 1. The fourth-order valence-corrected chi connectivity index (χ4v) is 1.32. The van der Waals surface area contributed by atoms with E-state index in [2.05, 4.69) is 15.0 Å². The van der Waals surface area contributed by atoms with E-state index in [9.17, 15) is 0 Å². The molecule has 0 saturated heterocycles. The smallest absolute Gasteiger partial charge is 0.282 e. The van der Waals surface area contributed by atoms with Gasteiger partial charge in [0.2, 0.25) is 0 Å². The average molecular weight is 273 g/mol. The highest BCUT2D eigenvalue weighted by Gasteiger charge is 2.20. The van der Waals surface area contributed by atoms with E-state index in [-0.39, 0.29) is 31.2 Å². The van der Waals surface area contributed by atoms with Crippen molar-refractivity contribution in [1.82, 2.24) is 4.90 Å². The first-order valence-corrected chi connectivity index (χ1v) is 4.71. The lowest BCUT2D eigenvalue weighted by Crippen LogP contribution is -2.25. The van der Waals surface area contributed by atoms with Crippen LogP contribution in [0.15, 0.2) is 10.1 Å². The second-order valence-corrected chi connectivity index (χ2v) is 3.40. The Balaban J connectivity index is 0. The number of aliphatic imine (C=N–C) groups is 1. The molecule has 0 saturated carbocycles. The Morgan fingerprint density at radius 3 is 2.56 bits per heavy atom. The first kappa shape index (κ1) is 17.9. The van der Waals surface area contributed by atoms with Crippen LogP contribution in [0.5, 0.6) is 0 Å². The van der Waals surface area contributed by atoms with Crippen molar-refractivity contribution in [2.75, 3.05) is 19.6 Å². The summed E-state index contributed by atoms with van der Waals surface area (Å²) >= 11 is 0. The summed E-state index contributed by atoms with van der Waals surface area (Å²) < 4.78 is 0. The van der Waals surface area contributed by atoms with Crippen LogP contribution >= 0.6 is 24.8 Å². The molecule has 8 heteroatoms. The molecule has 1 aliphatic heterocycles. The molecule has 1 heterocycles. The summed E-state index contributed by atoms with van der Waals surface area (Å²) in [6.07, 6.45) is 3.42. The molecule has 0 fully saturated rings. The fourth-order valence-electron chi connectivity index (χ4n) is 1.32. The molecule has 0 atom stereocenters. The second kappa shape index (κ2) is 8.69.